The molecule has 0 heterocycles. The number of allylic oxidation sites excluding steroid dienone is 3. The van der Waals surface area contributed by atoms with Crippen molar-refractivity contribution in [1.29, 1.82) is 0 Å². The minimum absolute atomic E-state index is 0.00493. The number of benzene rings is 1. The SMILES string of the molecule is CC(=O)N[C@@H]1[C@@H](C)[C@H](OCc2ccccc2)[C@]23C=CC=C[C@H]2[C@]13CCN(C(C)C)C(C)C. The standard InChI is InChI=1S/C28H40N2O2/c1-19(2)30(20(3)4)17-16-27-24-14-10-11-15-28(24,27)26(21(5)25(27)29-22(6)31)32-18-23-12-8-7-9-13-23/h7-15,19-21,24-26H,16-18H2,1-6H3,(H,29,31)/t21-,24+,25-,26+,27-,28+/m1/s1. The van der Waals surface area contributed by atoms with E-state index in [0.29, 0.717) is 24.6 Å². The van der Waals surface area contributed by atoms with Crippen molar-refractivity contribution >= 4 is 5.91 Å². The molecule has 32 heavy (non-hydrogen) atoms. The van der Waals surface area contributed by atoms with Crippen LogP contribution in [-0.2, 0) is 16.1 Å². The number of rotatable bonds is 9. The average Bonchev–Trinajstić information content (AvgIpc) is 3.29. The molecule has 0 aromatic heterocycles. The molecule has 1 aromatic rings. The van der Waals surface area contributed by atoms with Crippen LogP contribution < -0.4 is 5.32 Å². The first-order valence-corrected chi connectivity index (χ1v) is 12.3. The van der Waals surface area contributed by atoms with E-state index in [1.54, 1.807) is 6.92 Å². The van der Waals surface area contributed by atoms with Crippen molar-refractivity contribution in [3.63, 3.8) is 0 Å². The van der Waals surface area contributed by atoms with Gasteiger partial charge in [-0.05, 0) is 52.1 Å². The molecule has 1 N–H and O–H groups in total. The van der Waals surface area contributed by atoms with E-state index in [-0.39, 0.29) is 34.8 Å². The van der Waals surface area contributed by atoms with Gasteiger partial charge in [-0.15, -0.1) is 0 Å². The molecule has 3 aliphatic carbocycles. The molecule has 6 atom stereocenters. The number of carbonyl (C=O) groups excluding carboxylic acids is 1. The third kappa shape index (κ3) is 3.56. The highest BCUT2D eigenvalue weighted by Crippen LogP contribution is 2.82. The Morgan fingerprint density at radius 2 is 1.81 bits per heavy atom. The Morgan fingerprint density at radius 1 is 1.12 bits per heavy atom. The summed E-state index contributed by atoms with van der Waals surface area (Å²) in [5.41, 5.74) is 1.16. The zero-order valence-electron chi connectivity index (χ0n) is 20.5. The van der Waals surface area contributed by atoms with Gasteiger partial charge in [0, 0.05) is 41.8 Å². The van der Waals surface area contributed by atoms with Crippen molar-refractivity contribution < 1.29 is 9.53 Å². The highest BCUT2D eigenvalue weighted by molar-refractivity contribution is 5.74. The molecule has 174 valence electrons. The van der Waals surface area contributed by atoms with E-state index in [2.05, 4.69) is 93.4 Å². The number of hydrogen-bond donors (Lipinski definition) is 1. The van der Waals surface area contributed by atoms with Gasteiger partial charge in [-0.25, -0.2) is 0 Å². The lowest BCUT2D eigenvalue weighted by atomic mass is 9.84. The summed E-state index contributed by atoms with van der Waals surface area (Å²) in [4.78, 5) is 14.9. The topological polar surface area (TPSA) is 41.6 Å². The lowest BCUT2D eigenvalue weighted by Gasteiger charge is -2.35. The summed E-state index contributed by atoms with van der Waals surface area (Å²) >= 11 is 0. The van der Waals surface area contributed by atoms with E-state index in [1.165, 1.54) is 5.56 Å². The van der Waals surface area contributed by atoms with Crippen molar-refractivity contribution in [2.24, 2.45) is 22.7 Å². The van der Waals surface area contributed by atoms with Crippen molar-refractivity contribution in [3.05, 3.63) is 60.2 Å². The summed E-state index contributed by atoms with van der Waals surface area (Å²) in [6.45, 7) is 14.7. The summed E-state index contributed by atoms with van der Waals surface area (Å²) in [6, 6.07) is 11.5. The Morgan fingerprint density at radius 3 is 2.44 bits per heavy atom. The maximum absolute atomic E-state index is 12.3. The molecule has 0 aliphatic heterocycles. The van der Waals surface area contributed by atoms with Gasteiger partial charge < -0.3 is 10.1 Å². The first-order chi connectivity index (χ1) is 15.3. The largest absolute Gasteiger partial charge is 0.372 e. The second-order valence-electron chi connectivity index (χ2n) is 10.6. The van der Waals surface area contributed by atoms with Gasteiger partial charge in [0.05, 0.1) is 12.7 Å². The number of nitrogens with one attached hydrogen (secondary N) is 1. The first kappa shape index (κ1) is 23.3. The predicted octanol–water partition coefficient (Wildman–Crippen LogP) is 4.96. The molecule has 2 saturated carbocycles. The van der Waals surface area contributed by atoms with E-state index >= 15 is 0 Å². The van der Waals surface area contributed by atoms with E-state index in [1.807, 2.05) is 6.07 Å². The molecule has 3 aliphatic rings. The number of amides is 1. The van der Waals surface area contributed by atoms with Crippen LogP contribution in [0.15, 0.2) is 54.6 Å². The zero-order chi connectivity index (χ0) is 23.1. The maximum atomic E-state index is 12.3. The van der Waals surface area contributed by atoms with Gasteiger partial charge in [-0.3, -0.25) is 9.69 Å². The molecule has 0 unspecified atom stereocenters. The van der Waals surface area contributed by atoms with Crippen LogP contribution >= 0.6 is 0 Å². The molecule has 1 aromatic carbocycles. The van der Waals surface area contributed by atoms with Crippen LogP contribution in [0.25, 0.3) is 0 Å². The zero-order valence-corrected chi connectivity index (χ0v) is 20.5. The van der Waals surface area contributed by atoms with E-state index in [9.17, 15) is 4.79 Å². The third-order valence-electron chi connectivity index (χ3n) is 8.35. The molecular weight excluding hydrogens is 396 g/mol. The van der Waals surface area contributed by atoms with Gasteiger partial charge in [0.25, 0.3) is 0 Å². The van der Waals surface area contributed by atoms with Crippen molar-refractivity contribution in [1.82, 2.24) is 10.2 Å². The molecule has 4 heteroatoms. The van der Waals surface area contributed by atoms with E-state index < -0.39 is 0 Å². The molecule has 0 radical (unpaired) electrons. The van der Waals surface area contributed by atoms with Gasteiger partial charge in [-0.2, -0.15) is 0 Å². The van der Waals surface area contributed by atoms with Crippen molar-refractivity contribution in [2.75, 3.05) is 6.54 Å². The lowest BCUT2D eigenvalue weighted by molar-refractivity contribution is -0.120. The average molecular weight is 437 g/mol. The Bertz CT molecular complexity index is 869. The van der Waals surface area contributed by atoms with Crippen LogP contribution in [0.1, 0.15) is 53.5 Å². The van der Waals surface area contributed by atoms with Crippen LogP contribution in [0.3, 0.4) is 0 Å². The molecule has 1 spiro atoms. The van der Waals surface area contributed by atoms with Crippen LogP contribution in [0.2, 0.25) is 0 Å². The maximum Gasteiger partial charge on any atom is 0.217 e. The minimum atomic E-state index is -0.0390. The third-order valence-corrected chi connectivity index (χ3v) is 8.35. The smallest absolute Gasteiger partial charge is 0.217 e. The van der Waals surface area contributed by atoms with Gasteiger partial charge >= 0.3 is 0 Å². The lowest BCUT2D eigenvalue weighted by Crippen LogP contribution is -2.47. The molecule has 2 fully saturated rings. The van der Waals surface area contributed by atoms with Crippen LogP contribution in [0.4, 0.5) is 0 Å². The van der Waals surface area contributed by atoms with Crippen molar-refractivity contribution in [2.45, 2.75) is 78.8 Å². The number of hydrogen-bond acceptors (Lipinski definition) is 3. The van der Waals surface area contributed by atoms with Gasteiger partial charge in [-0.1, -0.05) is 61.6 Å². The summed E-state index contributed by atoms with van der Waals surface area (Å²) in [6.07, 6.45) is 10.3. The minimum Gasteiger partial charge on any atom is -0.372 e. The number of nitrogens with zero attached hydrogens (tertiary/aromatic N) is 1. The van der Waals surface area contributed by atoms with Gasteiger partial charge in [0.15, 0.2) is 0 Å². The fraction of sp³-hybridized carbons (Fsp3) is 0.607. The molecule has 4 nitrogen and oxygen atoms in total. The van der Waals surface area contributed by atoms with E-state index in [4.69, 9.17) is 4.74 Å². The number of fused-ring (bicyclic) bond motifs is 1. The summed E-state index contributed by atoms with van der Waals surface area (Å²) < 4.78 is 6.70. The molecule has 0 saturated heterocycles. The monoisotopic (exact) mass is 436 g/mol. The highest BCUT2D eigenvalue weighted by Gasteiger charge is 2.85. The first-order valence-electron chi connectivity index (χ1n) is 12.3. The molecule has 4 rings (SSSR count). The molecular formula is C28H40N2O2. The predicted molar refractivity (Wildman–Crippen MR) is 130 cm³/mol. The second kappa shape index (κ2) is 8.79. The van der Waals surface area contributed by atoms with Crippen LogP contribution in [0, 0.1) is 22.7 Å². The number of ether oxygens (including phenoxy) is 1. The Labute approximate surface area is 194 Å². The summed E-state index contributed by atoms with van der Waals surface area (Å²) in [7, 11) is 0. The Hall–Kier alpha value is -1.91. The molecule has 0 bridgehead atoms. The van der Waals surface area contributed by atoms with E-state index in [0.717, 1.165) is 13.0 Å². The van der Waals surface area contributed by atoms with Gasteiger partial charge in [0.1, 0.15) is 0 Å². The second-order valence-corrected chi connectivity index (χ2v) is 10.6. The fourth-order valence-electron chi connectivity index (χ4n) is 7.18. The number of carbonyl (C=O) groups is 1. The Kier molecular flexibility index (Phi) is 6.39. The quantitative estimate of drug-likeness (QED) is 0.595. The normalized spacial score (nSPS) is 34.8. The highest BCUT2D eigenvalue weighted by atomic mass is 16.5. The van der Waals surface area contributed by atoms with Crippen LogP contribution in [-0.4, -0.2) is 41.6 Å². The molecule has 1 amide bonds. The summed E-state index contributed by atoms with van der Waals surface area (Å²) in [5.74, 6) is 0.720. The van der Waals surface area contributed by atoms with Gasteiger partial charge in [0.2, 0.25) is 5.91 Å². The van der Waals surface area contributed by atoms with Crippen LogP contribution in [0.5, 0.6) is 0 Å². The summed E-state index contributed by atoms with van der Waals surface area (Å²) in [5, 5.41) is 3.38. The fourth-order valence-corrected chi connectivity index (χ4v) is 7.18. The van der Waals surface area contributed by atoms with Crippen molar-refractivity contribution in [3.8, 4) is 0 Å². The Balaban J connectivity index is 1.65.